The highest BCUT2D eigenvalue weighted by atomic mass is 35.5. The average Bonchev–Trinajstić information content (AvgIpc) is 2.37. The Kier molecular flexibility index (Phi) is 4.63. The van der Waals surface area contributed by atoms with Gasteiger partial charge in [-0.1, -0.05) is 6.07 Å². The summed E-state index contributed by atoms with van der Waals surface area (Å²) in [5.41, 5.74) is 0.131. The standard InChI is InChI=1S/C11H9ClN2O4/c1-18-10(15)4-7-2-3-8(6-13)11(14(16)17)9(7)5-12/h2-3H,4-5H2,1H3. The first-order valence-electron chi connectivity index (χ1n) is 4.87. The molecule has 1 aromatic carbocycles. The fourth-order valence-electron chi connectivity index (χ4n) is 1.52. The molecule has 1 aromatic rings. The summed E-state index contributed by atoms with van der Waals surface area (Å²) in [7, 11) is 1.22. The van der Waals surface area contributed by atoms with Crippen LogP contribution in [0.4, 0.5) is 5.69 Å². The quantitative estimate of drug-likeness (QED) is 0.360. The Morgan fingerprint density at radius 3 is 2.72 bits per heavy atom. The molecule has 0 heterocycles. The number of methoxy groups -OCH3 is 1. The van der Waals surface area contributed by atoms with Crippen molar-refractivity contribution in [3.8, 4) is 6.07 Å². The lowest BCUT2D eigenvalue weighted by molar-refractivity contribution is -0.385. The average molecular weight is 269 g/mol. The SMILES string of the molecule is COC(=O)Cc1ccc(C#N)c([N+](=O)[O-])c1CCl. The van der Waals surface area contributed by atoms with Gasteiger partial charge in [0.25, 0.3) is 5.69 Å². The van der Waals surface area contributed by atoms with Crippen LogP contribution in [0, 0.1) is 21.4 Å². The molecule has 18 heavy (non-hydrogen) atoms. The minimum atomic E-state index is -0.670. The zero-order valence-corrected chi connectivity index (χ0v) is 10.2. The van der Waals surface area contributed by atoms with Crippen molar-refractivity contribution in [1.29, 1.82) is 5.26 Å². The number of nitrogens with zero attached hydrogens (tertiary/aromatic N) is 2. The van der Waals surface area contributed by atoms with Crippen molar-refractivity contribution in [2.24, 2.45) is 0 Å². The lowest BCUT2D eigenvalue weighted by Gasteiger charge is -2.07. The van der Waals surface area contributed by atoms with Crippen LogP contribution in [0.15, 0.2) is 12.1 Å². The Hall–Kier alpha value is -2.13. The molecular formula is C11H9ClN2O4. The van der Waals surface area contributed by atoms with Gasteiger partial charge in [-0.05, 0) is 11.6 Å². The van der Waals surface area contributed by atoms with Gasteiger partial charge in [0, 0.05) is 5.56 Å². The molecule has 0 fully saturated rings. The molecule has 0 aromatic heterocycles. The maximum atomic E-state index is 11.2. The number of esters is 1. The molecule has 0 spiro atoms. The second kappa shape index (κ2) is 5.98. The van der Waals surface area contributed by atoms with E-state index in [1.165, 1.54) is 19.2 Å². The molecule has 7 heteroatoms. The van der Waals surface area contributed by atoms with E-state index in [1.54, 1.807) is 6.07 Å². The Morgan fingerprint density at radius 2 is 2.28 bits per heavy atom. The third-order valence-electron chi connectivity index (χ3n) is 2.38. The van der Waals surface area contributed by atoms with Crippen molar-refractivity contribution < 1.29 is 14.5 Å². The summed E-state index contributed by atoms with van der Waals surface area (Å²) < 4.78 is 4.49. The highest BCUT2D eigenvalue weighted by molar-refractivity contribution is 6.17. The molecule has 0 saturated heterocycles. The highest BCUT2D eigenvalue weighted by Gasteiger charge is 2.23. The molecule has 0 saturated carbocycles. The molecule has 0 aliphatic heterocycles. The van der Waals surface area contributed by atoms with E-state index in [9.17, 15) is 14.9 Å². The molecule has 1 rings (SSSR count). The van der Waals surface area contributed by atoms with E-state index >= 15 is 0 Å². The number of halogens is 1. The smallest absolute Gasteiger partial charge is 0.309 e. The van der Waals surface area contributed by atoms with Gasteiger partial charge in [0.05, 0.1) is 24.3 Å². The maximum Gasteiger partial charge on any atom is 0.309 e. The van der Waals surface area contributed by atoms with Crippen LogP contribution in [0.1, 0.15) is 16.7 Å². The second-order valence-electron chi connectivity index (χ2n) is 3.35. The number of carbonyl (C=O) groups excluding carboxylic acids is 1. The van der Waals surface area contributed by atoms with Gasteiger partial charge in [-0.3, -0.25) is 14.9 Å². The van der Waals surface area contributed by atoms with E-state index in [0.29, 0.717) is 5.56 Å². The van der Waals surface area contributed by atoms with Crippen LogP contribution in [0.2, 0.25) is 0 Å². The van der Waals surface area contributed by atoms with E-state index < -0.39 is 10.9 Å². The minimum absolute atomic E-state index is 0.0794. The molecule has 0 aliphatic carbocycles. The molecule has 6 nitrogen and oxygen atoms in total. The fourth-order valence-corrected chi connectivity index (χ4v) is 1.82. The van der Waals surface area contributed by atoms with Crippen LogP contribution < -0.4 is 0 Å². The van der Waals surface area contributed by atoms with Crippen LogP contribution >= 0.6 is 11.6 Å². The molecule has 0 atom stereocenters. The summed E-state index contributed by atoms with van der Waals surface area (Å²) in [5, 5.41) is 19.8. The first kappa shape index (κ1) is 13.9. The van der Waals surface area contributed by atoms with Crippen LogP contribution in [0.25, 0.3) is 0 Å². The Labute approximate surface area is 108 Å². The predicted molar refractivity (Wildman–Crippen MR) is 63.1 cm³/mol. The topological polar surface area (TPSA) is 93.2 Å². The number of carbonyl (C=O) groups is 1. The van der Waals surface area contributed by atoms with Crippen molar-refractivity contribution >= 4 is 23.3 Å². The number of rotatable bonds is 4. The fraction of sp³-hybridized carbons (Fsp3) is 0.273. The second-order valence-corrected chi connectivity index (χ2v) is 3.62. The van der Waals surface area contributed by atoms with Gasteiger partial charge >= 0.3 is 5.97 Å². The monoisotopic (exact) mass is 268 g/mol. The summed E-state index contributed by atoms with van der Waals surface area (Å²) in [4.78, 5) is 21.5. The van der Waals surface area contributed by atoms with Crippen LogP contribution in [-0.4, -0.2) is 18.0 Å². The van der Waals surface area contributed by atoms with Gasteiger partial charge in [0.1, 0.15) is 11.6 Å². The lowest BCUT2D eigenvalue weighted by Crippen LogP contribution is -2.09. The van der Waals surface area contributed by atoms with Crippen molar-refractivity contribution in [2.45, 2.75) is 12.3 Å². The largest absolute Gasteiger partial charge is 0.469 e. The Morgan fingerprint density at radius 1 is 1.61 bits per heavy atom. The van der Waals surface area contributed by atoms with Crippen molar-refractivity contribution in [3.63, 3.8) is 0 Å². The van der Waals surface area contributed by atoms with Gasteiger partial charge in [-0.15, -0.1) is 11.6 Å². The van der Waals surface area contributed by atoms with E-state index in [-0.39, 0.29) is 29.1 Å². The molecule has 0 amide bonds. The summed E-state index contributed by atoms with van der Waals surface area (Å²) >= 11 is 5.67. The zero-order chi connectivity index (χ0) is 13.7. The van der Waals surface area contributed by atoms with Gasteiger partial charge in [-0.2, -0.15) is 5.26 Å². The summed E-state index contributed by atoms with van der Waals surface area (Å²) in [6.45, 7) is 0. The van der Waals surface area contributed by atoms with Gasteiger partial charge in [-0.25, -0.2) is 0 Å². The van der Waals surface area contributed by atoms with Gasteiger partial charge < -0.3 is 4.74 Å². The number of hydrogen-bond acceptors (Lipinski definition) is 5. The number of ether oxygens (including phenoxy) is 1. The Bertz CT molecular complexity index is 537. The number of hydrogen-bond donors (Lipinski definition) is 0. The lowest BCUT2D eigenvalue weighted by atomic mass is 10.0. The first-order chi connectivity index (χ1) is 8.54. The molecular weight excluding hydrogens is 260 g/mol. The number of nitro groups is 1. The molecule has 0 N–H and O–H groups in total. The summed E-state index contributed by atoms with van der Waals surface area (Å²) in [6, 6.07) is 4.50. The number of alkyl halides is 1. The first-order valence-corrected chi connectivity index (χ1v) is 5.40. The molecule has 0 radical (unpaired) electrons. The van der Waals surface area contributed by atoms with Crippen LogP contribution in [0.3, 0.4) is 0 Å². The summed E-state index contributed by atoms with van der Waals surface area (Å²) in [6.07, 6.45) is -0.120. The highest BCUT2D eigenvalue weighted by Crippen LogP contribution is 2.28. The van der Waals surface area contributed by atoms with Gasteiger partial charge in [0.2, 0.25) is 0 Å². The molecule has 0 bridgehead atoms. The third-order valence-corrected chi connectivity index (χ3v) is 2.65. The maximum absolute atomic E-state index is 11.2. The van der Waals surface area contributed by atoms with Crippen LogP contribution in [0.5, 0.6) is 0 Å². The normalized spacial score (nSPS) is 9.61. The number of nitriles is 1. The zero-order valence-electron chi connectivity index (χ0n) is 9.47. The molecule has 94 valence electrons. The van der Waals surface area contributed by atoms with Crippen molar-refractivity contribution in [3.05, 3.63) is 38.9 Å². The molecule has 0 unspecified atom stereocenters. The van der Waals surface area contributed by atoms with E-state index in [1.807, 2.05) is 0 Å². The van der Waals surface area contributed by atoms with Gasteiger partial charge in [0.15, 0.2) is 0 Å². The molecule has 0 aliphatic rings. The number of benzene rings is 1. The predicted octanol–water partition coefficient (Wildman–Crippen LogP) is 1.92. The van der Waals surface area contributed by atoms with Crippen molar-refractivity contribution in [2.75, 3.05) is 7.11 Å². The van der Waals surface area contributed by atoms with Crippen molar-refractivity contribution in [1.82, 2.24) is 0 Å². The summed E-state index contributed by atoms with van der Waals surface area (Å²) in [5.74, 6) is -0.682. The Balaban J connectivity index is 3.39. The number of nitro benzene ring substituents is 1. The van der Waals surface area contributed by atoms with E-state index in [0.717, 1.165) is 0 Å². The van der Waals surface area contributed by atoms with E-state index in [4.69, 9.17) is 16.9 Å². The van der Waals surface area contributed by atoms with Crippen LogP contribution in [-0.2, 0) is 21.8 Å². The third kappa shape index (κ3) is 2.76. The van der Waals surface area contributed by atoms with E-state index in [2.05, 4.69) is 4.74 Å². The minimum Gasteiger partial charge on any atom is -0.469 e.